The molecule has 1 aromatic rings. The molecule has 0 aliphatic carbocycles. The van der Waals surface area contributed by atoms with E-state index in [2.05, 4.69) is 10.4 Å². The van der Waals surface area contributed by atoms with Crippen LogP contribution in [0, 0.1) is 13.8 Å². The third-order valence-corrected chi connectivity index (χ3v) is 4.22. The van der Waals surface area contributed by atoms with E-state index in [-0.39, 0.29) is 17.5 Å². The molecule has 100 valence electrons. The number of aryl methyl sites for hydroxylation is 1. The average molecular weight is 294 g/mol. The number of amides is 1. The molecule has 1 aromatic heterocycles. The van der Waals surface area contributed by atoms with Crippen molar-refractivity contribution in [1.82, 2.24) is 15.1 Å². The van der Waals surface area contributed by atoms with Crippen molar-refractivity contribution < 1.29 is 17.9 Å². The molecule has 0 aromatic carbocycles. The molecule has 0 spiro atoms. The van der Waals surface area contributed by atoms with Gasteiger partial charge in [0.15, 0.2) is 0 Å². The number of carbonyl (C=O) groups excluding carboxylic acids is 1. The van der Waals surface area contributed by atoms with Crippen molar-refractivity contribution >= 4 is 25.8 Å². The monoisotopic (exact) mass is 293 g/mol. The molecule has 1 saturated heterocycles. The second kappa shape index (κ2) is 4.43. The fraction of sp³-hybridized carbons (Fsp3) is 0.556. The smallest absolute Gasteiger partial charge is 0.407 e. The highest BCUT2D eigenvalue weighted by molar-refractivity contribution is 8.13. The van der Waals surface area contributed by atoms with Gasteiger partial charge < -0.3 is 10.1 Å². The molecule has 1 N–H and O–H groups in total. The van der Waals surface area contributed by atoms with Crippen LogP contribution in [0.1, 0.15) is 11.4 Å². The van der Waals surface area contributed by atoms with Crippen molar-refractivity contribution in [2.75, 3.05) is 6.54 Å². The third-order valence-electron chi connectivity index (χ3n) is 2.68. The Bertz CT molecular complexity index is 595. The number of nitrogens with one attached hydrogen (secondary N) is 1. The van der Waals surface area contributed by atoms with Gasteiger partial charge in [-0.3, -0.25) is 4.68 Å². The van der Waals surface area contributed by atoms with Crippen LogP contribution in [-0.4, -0.2) is 36.9 Å². The molecule has 9 heteroatoms. The molecule has 1 aliphatic rings. The lowest BCUT2D eigenvalue weighted by Crippen LogP contribution is -2.22. The Hall–Kier alpha value is -1.28. The average Bonchev–Trinajstić information content (AvgIpc) is 2.71. The highest BCUT2D eigenvalue weighted by Gasteiger charge is 2.27. The Morgan fingerprint density at radius 1 is 1.56 bits per heavy atom. The van der Waals surface area contributed by atoms with Crippen LogP contribution in [0.4, 0.5) is 4.79 Å². The van der Waals surface area contributed by atoms with E-state index in [1.165, 1.54) is 4.68 Å². The van der Waals surface area contributed by atoms with E-state index in [4.69, 9.17) is 15.4 Å². The van der Waals surface area contributed by atoms with Gasteiger partial charge in [0.2, 0.25) is 0 Å². The Labute approximate surface area is 108 Å². The molecule has 1 unspecified atom stereocenters. The summed E-state index contributed by atoms with van der Waals surface area (Å²) in [7, 11) is 1.52. The molecule has 1 atom stereocenters. The van der Waals surface area contributed by atoms with Gasteiger partial charge in [0.05, 0.1) is 24.5 Å². The first-order valence-electron chi connectivity index (χ1n) is 5.22. The summed E-state index contributed by atoms with van der Waals surface area (Å²) >= 11 is 0. The van der Waals surface area contributed by atoms with E-state index in [9.17, 15) is 13.2 Å². The number of rotatable bonds is 3. The molecule has 2 heterocycles. The number of hydrogen-bond donors (Lipinski definition) is 1. The predicted octanol–water partition coefficient (Wildman–Crippen LogP) is 0.536. The van der Waals surface area contributed by atoms with Crippen molar-refractivity contribution in [3.8, 4) is 0 Å². The zero-order chi connectivity index (χ0) is 13.5. The molecule has 0 radical (unpaired) electrons. The van der Waals surface area contributed by atoms with Crippen molar-refractivity contribution in [2.45, 2.75) is 31.4 Å². The topological polar surface area (TPSA) is 90.3 Å². The minimum atomic E-state index is -3.82. The second-order valence-corrected chi connectivity index (χ2v) is 6.53. The van der Waals surface area contributed by atoms with Crippen molar-refractivity contribution in [3.63, 3.8) is 0 Å². The Kier molecular flexibility index (Phi) is 3.24. The van der Waals surface area contributed by atoms with Gasteiger partial charge in [0.25, 0.3) is 9.05 Å². The van der Waals surface area contributed by atoms with Gasteiger partial charge in [-0.05, 0) is 13.8 Å². The van der Waals surface area contributed by atoms with Crippen LogP contribution in [0.2, 0.25) is 0 Å². The van der Waals surface area contributed by atoms with E-state index in [1.807, 2.05) is 0 Å². The number of nitrogens with zero attached hydrogens (tertiary/aromatic N) is 2. The van der Waals surface area contributed by atoms with Crippen LogP contribution < -0.4 is 5.32 Å². The number of aromatic nitrogens is 2. The summed E-state index contributed by atoms with van der Waals surface area (Å²) in [4.78, 5) is 10.9. The van der Waals surface area contributed by atoms with Gasteiger partial charge in [-0.15, -0.1) is 0 Å². The first-order chi connectivity index (χ1) is 8.29. The minimum Gasteiger partial charge on any atom is -0.442 e. The van der Waals surface area contributed by atoms with Crippen LogP contribution in [0.3, 0.4) is 0 Å². The number of carbonyl (C=O) groups is 1. The molecule has 1 aliphatic heterocycles. The van der Waals surface area contributed by atoms with Crippen molar-refractivity contribution in [3.05, 3.63) is 11.4 Å². The lowest BCUT2D eigenvalue weighted by molar-refractivity contribution is 0.128. The van der Waals surface area contributed by atoms with Gasteiger partial charge in [0.1, 0.15) is 11.0 Å². The first kappa shape index (κ1) is 13.2. The summed E-state index contributed by atoms with van der Waals surface area (Å²) in [6.07, 6.45) is -0.840. The standard InChI is InChI=1S/C9H12ClN3O4S/c1-5-8(18(10,15)16)6(2)13(12-5)4-7-3-11-9(14)17-7/h7H,3-4H2,1-2H3,(H,11,14). The summed E-state index contributed by atoms with van der Waals surface area (Å²) in [5, 5.41) is 6.61. The maximum absolute atomic E-state index is 11.4. The largest absolute Gasteiger partial charge is 0.442 e. The fourth-order valence-electron chi connectivity index (χ4n) is 1.94. The van der Waals surface area contributed by atoms with Gasteiger partial charge in [-0.25, -0.2) is 13.2 Å². The minimum absolute atomic E-state index is 0.0152. The van der Waals surface area contributed by atoms with E-state index < -0.39 is 15.1 Å². The van der Waals surface area contributed by atoms with Gasteiger partial charge >= 0.3 is 6.09 Å². The van der Waals surface area contributed by atoms with Gasteiger partial charge in [-0.2, -0.15) is 5.10 Å². The number of alkyl carbamates (subject to hydrolysis) is 1. The predicted molar refractivity (Wildman–Crippen MR) is 63.0 cm³/mol. The normalized spacial score (nSPS) is 19.7. The van der Waals surface area contributed by atoms with Crippen LogP contribution >= 0.6 is 10.7 Å². The third kappa shape index (κ3) is 2.44. The molecule has 7 nitrogen and oxygen atoms in total. The molecule has 0 bridgehead atoms. The number of ether oxygens (including phenoxy) is 1. The SMILES string of the molecule is Cc1nn(CC2CNC(=O)O2)c(C)c1S(=O)(=O)Cl. The summed E-state index contributed by atoms with van der Waals surface area (Å²) in [5.74, 6) is 0. The molecular formula is C9H12ClN3O4S. The highest BCUT2D eigenvalue weighted by atomic mass is 35.7. The zero-order valence-corrected chi connectivity index (χ0v) is 11.4. The molecule has 0 saturated carbocycles. The highest BCUT2D eigenvalue weighted by Crippen LogP contribution is 2.23. The van der Waals surface area contributed by atoms with Gasteiger partial charge in [-0.1, -0.05) is 0 Å². The second-order valence-electron chi connectivity index (χ2n) is 4.03. The molecular weight excluding hydrogens is 282 g/mol. The molecule has 1 fully saturated rings. The maximum atomic E-state index is 11.4. The summed E-state index contributed by atoms with van der Waals surface area (Å²) in [5.41, 5.74) is 0.769. The van der Waals surface area contributed by atoms with Crippen molar-refractivity contribution in [1.29, 1.82) is 0 Å². The molecule has 2 rings (SSSR count). The van der Waals surface area contributed by atoms with Crippen molar-refractivity contribution in [2.24, 2.45) is 0 Å². The zero-order valence-electron chi connectivity index (χ0n) is 9.81. The lowest BCUT2D eigenvalue weighted by Gasteiger charge is -2.09. The summed E-state index contributed by atoms with van der Waals surface area (Å²) < 4.78 is 29.2. The van der Waals surface area contributed by atoms with Crippen LogP contribution in [0.15, 0.2) is 4.90 Å². The number of halogens is 1. The maximum Gasteiger partial charge on any atom is 0.407 e. The Morgan fingerprint density at radius 3 is 2.67 bits per heavy atom. The first-order valence-corrected chi connectivity index (χ1v) is 7.53. The fourth-order valence-corrected chi connectivity index (χ4v) is 3.46. The number of cyclic esters (lactones) is 1. The van der Waals surface area contributed by atoms with E-state index >= 15 is 0 Å². The van der Waals surface area contributed by atoms with E-state index in [0.717, 1.165) is 0 Å². The van der Waals surface area contributed by atoms with Crippen LogP contribution in [0.25, 0.3) is 0 Å². The number of hydrogen-bond acceptors (Lipinski definition) is 5. The molecule has 1 amide bonds. The Morgan fingerprint density at radius 2 is 2.22 bits per heavy atom. The van der Waals surface area contributed by atoms with Crippen LogP contribution in [-0.2, 0) is 20.3 Å². The quantitative estimate of drug-likeness (QED) is 0.821. The van der Waals surface area contributed by atoms with Crippen LogP contribution in [0.5, 0.6) is 0 Å². The lowest BCUT2D eigenvalue weighted by atomic mass is 10.3. The Balaban J connectivity index is 2.28. The molecule has 18 heavy (non-hydrogen) atoms. The summed E-state index contributed by atoms with van der Waals surface area (Å²) in [6.45, 7) is 3.84. The van der Waals surface area contributed by atoms with E-state index in [1.54, 1.807) is 13.8 Å². The summed E-state index contributed by atoms with van der Waals surface area (Å²) in [6, 6.07) is 0. The van der Waals surface area contributed by atoms with Gasteiger partial charge in [0, 0.05) is 10.7 Å². The van der Waals surface area contributed by atoms with E-state index in [0.29, 0.717) is 17.9 Å².